The van der Waals surface area contributed by atoms with E-state index < -0.39 is 63.5 Å². The molecule has 1 heterocycles. The van der Waals surface area contributed by atoms with E-state index in [-0.39, 0.29) is 36.5 Å². The summed E-state index contributed by atoms with van der Waals surface area (Å²) in [5.41, 5.74) is 3.53. The standard InChI is InChI=1S/C32H34N2O9/c1-31(2,3)18-11-15(13-6-7-19-20(10-13)43-12-42-19)16-8-14-9-17-24(34(4)5)27(37)23(30(33)40)29(39)32(17,41)28(38)21(14)26(36)22(16)25(18)35/h6-7,10-11,14,17,24,35,37-38,41H,8-9,12H2,1-5H3,(H2,33,40)/t14-,17-,24-,32-/m1/s1. The third-order valence-electron chi connectivity index (χ3n) is 9.21. The van der Waals surface area contributed by atoms with E-state index in [1.807, 2.05) is 39.0 Å². The SMILES string of the molecule is CN(C)[C@H]1C(O)=C(C(N)=O)C(=O)[C@]2(O)C(O)=C3C(=O)c4c(O)c(C(C)(C)C)cc(-c5ccc6c(c5)OCO6)c4C[C@@H]3C[C@H]12. The number of primary amides is 1. The number of likely N-dealkylation sites (N-methyl/N-ethyl adjacent to an activating group) is 1. The van der Waals surface area contributed by atoms with E-state index in [2.05, 4.69) is 0 Å². The number of ether oxygens (including phenoxy) is 2. The number of rotatable bonds is 3. The van der Waals surface area contributed by atoms with Gasteiger partial charge in [-0.25, -0.2) is 0 Å². The molecule has 0 spiro atoms. The Balaban J connectivity index is 1.60. The number of nitrogens with two attached hydrogens (primary N) is 1. The Morgan fingerprint density at radius 3 is 2.37 bits per heavy atom. The number of fused-ring (bicyclic) bond motifs is 4. The van der Waals surface area contributed by atoms with Crippen LogP contribution in [-0.4, -0.2) is 75.3 Å². The topological polar surface area (TPSA) is 180 Å². The molecule has 11 nitrogen and oxygen atoms in total. The van der Waals surface area contributed by atoms with E-state index in [4.69, 9.17) is 15.2 Å². The molecule has 226 valence electrons. The van der Waals surface area contributed by atoms with Crippen LogP contribution in [0.15, 0.2) is 46.9 Å². The lowest BCUT2D eigenvalue weighted by Crippen LogP contribution is -2.63. The number of phenols is 1. The maximum absolute atomic E-state index is 14.3. The van der Waals surface area contributed by atoms with Crippen molar-refractivity contribution in [3.8, 4) is 28.4 Å². The Labute approximate surface area is 247 Å². The molecule has 1 amide bonds. The first-order valence-corrected chi connectivity index (χ1v) is 14.0. The predicted molar refractivity (Wildman–Crippen MR) is 154 cm³/mol. The van der Waals surface area contributed by atoms with Crippen LogP contribution in [0.3, 0.4) is 0 Å². The summed E-state index contributed by atoms with van der Waals surface area (Å²) in [6.07, 6.45) is 0.185. The zero-order valence-corrected chi connectivity index (χ0v) is 24.5. The minimum absolute atomic E-state index is 0.00806. The van der Waals surface area contributed by atoms with Crippen molar-refractivity contribution in [1.82, 2.24) is 4.90 Å². The Bertz CT molecular complexity index is 1700. The van der Waals surface area contributed by atoms with Gasteiger partial charge >= 0.3 is 0 Å². The van der Waals surface area contributed by atoms with Crippen molar-refractivity contribution >= 4 is 17.5 Å². The van der Waals surface area contributed by atoms with Gasteiger partial charge in [-0.2, -0.15) is 0 Å². The minimum Gasteiger partial charge on any atom is -0.510 e. The number of nitrogens with zero attached hydrogens (tertiary/aromatic N) is 1. The molecule has 6 rings (SSSR count). The first kappa shape index (κ1) is 28.8. The highest BCUT2D eigenvalue weighted by atomic mass is 16.7. The number of allylic oxidation sites excluding steroid dienone is 1. The summed E-state index contributed by atoms with van der Waals surface area (Å²) in [5, 5.41) is 46.0. The highest BCUT2D eigenvalue weighted by Gasteiger charge is 2.63. The maximum Gasteiger partial charge on any atom is 0.255 e. The Morgan fingerprint density at radius 2 is 1.74 bits per heavy atom. The molecule has 2 aromatic rings. The molecule has 0 radical (unpaired) electrons. The summed E-state index contributed by atoms with van der Waals surface area (Å²) < 4.78 is 11.1. The van der Waals surface area contributed by atoms with Gasteiger partial charge in [0.1, 0.15) is 22.8 Å². The molecule has 11 heteroatoms. The van der Waals surface area contributed by atoms with Gasteiger partial charge in [0.05, 0.1) is 11.6 Å². The number of benzene rings is 2. The highest BCUT2D eigenvalue weighted by Crippen LogP contribution is 2.54. The number of ketones is 2. The predicted octanol–water partition coefficient (Wildman–Crippen LogP) is 2.81. The van der Waals surface area contributed by atoms with Gasteiger partial charge < -0.3 is 35.6 Å². The van der Waals surface area contributed by atoms with Crippen molar-refractivity contribution in [2.24, 2.45) is 17.6 Å². The molecule has 0 saturated carbocycles. The number of hydrogen-bond acceptors (Lipinski definition) is 10. The first-order chi connectivity index (χ1) is 20.1. The second-order valence-electron chi connectivity index (χ2n) is 13.0. The zero-order chi connectivity index (χ0) is 31.3. The van der Waals surface area contributed by atoms with Crippen LogP contribution in [0.5, 0.6) is 17.2 Å². The van der Waals surface area contributed by atoms with Gasteiger partial charge in [0.25, 0.3) is 5.91 Å². The van der Waals surface area contributed by atoms with Crippen molar-refractivity contribution < 1.29 is 44.3 Å². The normalized spacial score (nSPS) is 26.4. The van der Waals surface area contributed by atoms with Crippen LogP contribution in [-0.2, 0) is 21.4 Å². The van der Waals surface area contributed by atoms with Crippen LogP contribution in [0.2, 0.25) is 0 Å². The fraction of sp³-hybridized carbons (Fsp3) is 0.406. The summed E-state index contributed by atoms with van der Waals surface area (Å²) in [6.45, 7) is 5.77. The molecular weight excluding hydrogens is 556 g/mol. The van der Waals surface area contributed by atoms with E-state index in [9.17, 15) is 34.8 Å². The second-order valence-corrected chi connectivity index (χ2v) is 13.0. The number of carbonyl (C=O) groups is 3. The number of hydrogen-bond donors (Lipinski definition) is 5. The summed E-state index contributed by atoms with van der Waals surface area (Å²) in [6, 6.07) is 6.22. The van der Waals surface area contributed by atoms with Crippen LogP contribution in [0, 0.1) is 11.8 Å². The number of aliphatic hydroxyl groups is 3. The number of amides is 1. The number of Topliss-reactive ketones (excluding diaryl/α,β-unsaturated/α-hetero) is 2. The molecule has 0 saturated heterocycles. The third kappa shape index (κ3) is 3.91. The molecule has 1 aliphatic heterocycles. The molecule has 0 unspecified atom stereocenters. The molecule has 6 N–H and O–H groups in total. The summed E-state index contributed by atoms with van der Waals surface area (Å²) >= 11 is 0. The molecule has 0 bridgehead atoms. The summed E-state index contributed by atoms with van der Waals surface area (Å²) in [7, 11) is 3.19. The van der Waals surface area contributed by atoms with Crippen molar-refractivity contribution in [2.45, 2.75) is 50.7 Å². The van der Waals surface area contributed by atoms with Crippen LogP contribution >= 0.6 is 0 Å². The van der Waals surface area contributed by atoms with Crippen LogP contribution < -0.4 is 15.2 Å². The largest absolute Gasteiger partial charge is 0.510 e. The Morgan fingerprint density at radius 1 is 1.07 bits per heavy atom. The van der Waals surface area contributed by atoms with Gasteiger partial charge in [-0.05, 0) is 73.2 Å². The second kappa shape index (κ2) is 9.32. The monoisotopic (exact) mass is 590 g/mol. The Kier molecular flexibility index (Phi) is 6.23. The maximum atomic E-state index is 14.3. The van der Waals surface area contributed by atoms with Crippen LogP contribution in [0.4, 0.5) is 0 Å². The van der Waals surface area contributed by atoms with Gasteiger partial charge in [-0.1, -0.05) is 26.8 Å². The fourth-order valence-electron chi connectivity index (χ4n) is 7.21. The minimum atomic E-state index is -2.69. The number of carbonyl (C=O) groups excluding carboxylic acids is 3. The van der Waals surface area contributed by atoms with E-state index in [0.717, 1.165) is 5.56 Å². The molecule has 43 heavy (non-hydrogen) atoms. The molecule has 0 aromatic heterocycles. The quantitative estimate of drug-likeness (QED) is 0.334. The fourth-order valence-corrected chi connectivity index (χ4v) is 7.21. The molecule has 3 aliphatic carbocycles. The number of aliphatic hydroxyl groups excluding tert-OH is 2. The number of aromatic hydroxyl groups is 1. The van der Waals surface area contributed by atoms with E-state index in [1.54, 1.807) is 20.2 Å². The van der Waals surface area contributed by atoms with Crippen LogP contribution in [0.25, 0.3) is 11.1 Å². The van der Waals surface area contributed by atoms with Crippen molar-refractivity contribution in [1.29, 1.82) is 0 Å². The van der Waals surface area contributed by atoms with Gasteiger partial charge in [-0.3, -0.25) is 19.3 Å². The van der Waals surface area contributed by atoms with E-state index in [0.29, 0.717) is 28.2 Å². The average Bonchev–Trinajstić information content (AvgIpc) is 3.38. The lowest BCUT2D eigenvalue weighted by atomic mass is 9.58. The molecule has 4 aliphatic rings. The Hall–Kier alpha value is -4.35. The van der Waals surface area contributed by atoms with Gasteiger partial charge in [0, 0.05) is 17.1 Å². The molecular formula is C32H34N2O9. The molecule has 2 aromatic carbocycles. The zero-order valence-electron chi connectivity index (χ0n) is 24.5. The third-order valence-corrected chi connectivity index (χ3v) is 9.21. The van der Waals surface area contributed by atoms with Crippen LogP contribution in [0.1, 0.15) is 48.7 Å². The van der Waals surface area contributed by atoms with Crippen molar-refractivity contribution in [3.05, 3.63) is 63.6 Å². The van der Waals surface area contributed by atoms with Crippen molar-refractivity contribution in [2.75, 3.05) is 20.9 Å². The van der Waals surface area contributed by atoms with Gasteiger partial charge in [0.15, 0.2) is 22.9 Å². The average molecular weight is 591 g/mol. The van der Waals surface area contributed by atoms with Crippen molar-refractivity contribution in [3.63, 3.8) is 0 Å². The first-order valence-electron chi connectivity index (χ1n) is 14.0. The smallest absolute Gasteiger partial charge is 0.255 e. The van der Waals surface area contributed by atoms with Gasteiger partial charge in [0.2, 0.25) is 12.6 Å². The lowest BCUT2D eigenvalue weighted by Gasteiger charge is -2.50. The number of phenolic OH excluding ortho intramolecular Hbond substituents is 1. The van der Waals surface area contributed by atoms with E-state index in [1.165, 1.54) is 4.90 Å². The molecule has 0 fully saturated rings. The molecule has 4 atom stereocenters. The van der Waals surface area contributed by atoms with Gasteiger partial charge in [-0.15, -0.1) is 0 Å². The summed E-state index contributed by atoms with van der Waals surface area (Å²) in [5.74, 6) is -5.65. The van der Waals surface area contributed by atoms with E-state index >= 15 is 0 Å². The highest BCUT2D eigenvalue weighted by molar-refractivity contribution is 6.25. The lowest BCUT2D eigenvalue weighted by molar-refractivity contribution is -0.148. The summed E-state index contributed by atoms with van der Waals surface area (Å²) in [4.78, 5) is 41.7.